The van der Waals surface area contributed by atoms with Crippen molar-refractivity contribution < 1.29 is 36.2 Å². The molecule has 1 atom stereocenters. The van der Waals surface area contributed by atoms with E-state index in [9.17, 15) is 36.2 Å². The van der Waals surface area contributed by atoms with Gasteiger partial charge < -0.3 is 15.3 Å². The molecule has 8 nitrogen and oxygen atoms in total. The molecule has 0 aliphatic carbocycles. The number of piperidine rings is 1. The van der Waals surface area contributed by atoms with Crippen molar-refractivity contribution in [3.05, 3.63) is 29.5 Å². The summed E-state index contributed by atoms with van der Waals surface area (Å²) in [6.07, 6.45) is -8.18. The van der Waals surface area contributed by atoms with Gasteiger partial charge in [0.05, 0.1) is 35.8 Å². The highest BCUT2D eigenvalue weighted by molar-refractivity contribution is 5.94. The lowest BCUT2D eigenvalue weighted by atomic mass is 9.81. The summed E-state index contributed by atoms with van der Waals surface area (Å²) in [4.78, 5) is 20.0. The number of aromatic amines is 1. The molecule has 1 saturated heterocycles. The van der Waals surface area contributed by atoms with Crippen molar-refractivity contribution >= 4 is 17.4 Å². The molecule has 168 valence electrons. The highest BCUT2D eigenvalue weighted by Crippen LogP contribution is 2.49. The second-order valence-corrected chi connectivity index (χ2v) is 7.47. The van der Waals surface area contributed by atoms with Crippen molar-refractivity contribution in [2.24, 2.45) is 0 Å². The molecule has 1 unspecified atom stereocenters. The van der Waals surface area contributed by atoms with E-state index in [1.165, 1.54) is 0 Å². The third kappa shape index (κ3) is 3.68. The summed E-state index contributed by atoms with van der Waals surface area (Å²) in [6, 6.07) is 0. The Hall–Kier alpha value is -2.90. The highest BCUT2D eigenvalue weighted by Gasteiger charge is 2.61. The lowest BCUT2D eigenvalue weighted by molar-refractivity contribution is -0.267. The smallest absolute Gasteiger partial charge is 0.376 e. The van der Waals surface area contributed by atoms with Gasteiger partial charge in [0, 0.05) is 19.0 Å². The number of nitrogens with zero attached hydrogens (tertiary/aromatic N) is 4. The fourth-order valence-corrected chi connectivity index (χ4v) is 3.95. The number of halogens is 6. The molecule has 14 heteroatoms. The minimum atomic E-state index is -5.09. The van der Waals surface area contributed by atoms with E-state index in [2.05, 4.69) is 25.5 Å². The molecule has 0 radical (unpaired) electrons. The summed E-state index contributed by atoms with van der Waals surface area (Å²) < 4.78 is 78.7. The van der Waals surface area contributed by atoms with Gasteiger partial charge >= 0.3 is 12.4 Å². The van der Waals surface area contributed by atoms with Crippen molar-refractivity contribution in [3.8, 4) is 0 Å². The molecule has 3 N–H and O–H groups in total. The van der Waals surface area contributed by atoms with E-state index in [1.54, 1.807) is 4.90 Å². The first-order valence-electron chi connectivity index (χ1n) is 9.22. The molecule has 0 bridgehead atoms. The van der Waals surface area contributed by atoms with Gasteiger partial charge in [-0.2, -0.15) is 31.4 Å². The number of rotatable bonds is 2. The SMILES string of the molecule is O=C1CC(O)(C(F)(F)F)c2c(C3CCN(c4cnc(C(F)(F)F)nc4)CC3)n[nH]c2N1. The van der Waals surface area contributed by atoms with Crippen LogP contribution >= 0.6 is 0 Å². The molecule has 0 aromatic carbocycles. The largest absolute Gasteiger partial charge is 0.451 e. The second kappa shape index (κ2) is 7.07. The van der Waals surface area contributed by atoms with E-state index in [-0.39, 0.29) is 11.5 Å². The standard InChI is InChI=1S/C17H16F6N6O2/c18-16(19,20)14-24-6-9(7-25-14)29-3-1-8(2-4-29)12-11-13(28-27-12)26-10(30)5-15(11,31)17(21,22)23/h6-8,31H,1-5H2,(H2,26,27,28,30). The van der Waals surface area contributed by atoms with Crippen molar-refractivity contribution in [1.82, 2.24) is 20.2 Å². The number of aromatic nitrogens is 4. The highest BCUT2D eigenvalue weighted by atomic mass is 19.4. The van der Waals surface area contributed by atoms with E-state index in [1.807, 2.05) is 0 Å². The number of H-pyrrole nitrogens is 1. The Balaban J connectivity index is 1.54. The fraction of sp³-hybridized carbons (Fsp3) is 0.529. The lowest BCUT2D eigenvalue weighted by Gasteiger charge is -2.37. The molecule has 1 fully saturated rings. The minimum absolute atomic E-state index is 0.0122. The number of carbonyl (C=O) groups excluding carboxylic acids is 1. The Morgan fingerprint density at radius 3 is 2.26 bits per heavy atom. The molecule has 2 aliphatic heterocycles. The van der Waals surface area contributed by atoms with Crippen molar-refractivity contribution in [2.75, 3.05) is 23.3 Å². The van der Waals surface area contributed by atoms with Crippen LogP contribution in [0.3, 0.4) is 0 Å². The molecule has 31 heavy (non-hydrogen) atoms. The maximum Gasteiger partial charge on any atom is 0.451 e. The number of nitrogens with one attached hydrogen (secondary N) is 2. The number of anilines is 2. The van der Waals surface area contributed by atoms with Crippen LogP contribution in [0.2, 0.25) is 0 Å². The second-order valence-electron chi connectivity index (χ2n) is 7.47. The quantitative estimate of drug-likeness (QED) is 0.608. The van der Waals surface area contributed by atoms with Crippen LogP contribution in [-0.2, 0) is 16.6 Å². The molecule has 4 rings (SSSR count). The summed E-state index contributed by atoms with van der Waals surface area (Å²) in [5.41, 5.74) is -3.48. The predicted molar refractivity (Wildman–Crippen MR) is 93.0 cm³/mol. The third-order valence-electron chi connectivity index (χ3n) is 5.50. The molecule has 4 heterocycles. The number of fused-ring (bicyclic) bond motifs is 1. The van der Waals surface area contributed by atoms with Gasteiger partial charge in [0.2, 0.25) is 11.7 Å². The Labute approximate surface area is 170 Å². The van der Waals surface area contributed by atoms with Crippen LogP contribution in [-0.4, -0.2) is 50.4 Å². The average molecular weight is 450 g/mol. The van der Waals surface area contributed by atoms with Crippen molar-refractivity contribution in [3.63, 3.8) is 0 Å². The van der Waals surface area contributed by atoms with Gasteiger partial charge in [0.25, 0.3) is 0 Å². The van der Waals surface area contributed by atoms with Crippen LogP contribution in [0.1, 0.15) is 42.3 Å². The number of hydrogen-bond acceptors (Lipinski definition) is 6. The lowest BCUT2D eigenvalue weighted by Crippen LogP contribution is -2.48. The number of aliphatic hydroxyl groups is 1. The Kier molecular flexibility index (Phi) is 4.87. The number of amides is 1. The van der Waals surface area contributed by atoms with Crippen LogP contribution in [0.5, 0.6) is 0 Å². The zero-order valence-corrected chi connectivity index (χ0v) is 15.7. The average Bonchev–Trinajstić information content (AvgIpc) is 3.11. The maximum atomic E-state index is 13.6. The van der Waals surface area contributed by atoms with Gasteiger partial charge in [0.1, 0.15) is 5.82 Å². The van der Waals surface area contributed by atoms with Crippen LogP contribution < -0.4 is 10.2 Å². The number of carbonyl (C=O) groups is 1. The molecular weight excluding hydrogens is 434 g/mol. The fourth-order valence-electron chi connectivity index (χ4n) is 3.95. The van der Waals surface area contributed by atoms with Crippen molar-refractivity contribution in [1.29, 1.82) is 0 Å². The van der Waals surface area contributed by atoms with Gasteiger partial charge in [0.15, 0.2) is 5.60 Å². The van der Waals surface area contributed by atoms with Crippen LogP contribution in [0.15, 0.2) is 12.4 Å². The molecule has 0 spiro atoms. The van der Waals surface area contributed by atoms with E-state index in [4.69, 9.17) is 0 Å². The summed E-state index contributed by atoms with van der Waals surface area (Å²) >= 11 is 0. The molecule has 0 saturated carbocycles. The number of hydrogen-bond donors (Lipinski definition) is 3. The minimum Gasteiger partial charge on any atom is -0.376 e. The zero-order chi connectivity index (χ0) is 22.6. The topological polar surface area (TPSA) is 107 Å². The molecular formula is C17H16F6N6O2. The molecule has 2 aromatic rings. The molecule has 1 amide bonds. The first-order chi connectivity index (χ1) is 14.4. The first kappa shape index (κ1) is 21.3. The Morgan fingerprint density at radius 1 is 1.10 bits per heavy atom. The van der Waals surface area contributed by atoms with Gasteiger partial charge in [-0.3, -0.25) is 9.89 Å². The first-order valence-corrected chi connectivity index (χ1v) is 9.22. The van der Waals surface area contributed by atoms with E-state index in [0.29, 0.717) is 31.6 Å². The van der Waals surface area contributed by atoms with Crippen LogP contribution in [0.4, 0.5) is 37.8 Å². The van der Waals surface area contributed by atoms with E-state index in [0.717, 1.165) is 12.4 Å². The van der Waals surface area contributed by atoms with Crippen molar-refractivity contribution in [2.45, 2.75) is 43.1 Å². The predicted octanol–water partition coefficient (Wildman–Crippen LogP) is 2.69. The monoisotopic (exact) mass is 450 g/mol. The summed E-state index contributed by atoms with van der Waals surface area (Å²) in [5, 5.41) is 18.9. The van der Waals surface area contributed by atoms with Gasteiger partial charge in [-0.25, -0.2) is 9.97 Å². The third-order valence-corrected chi connectivity index (χ3v) is 5.50. The Morgan fingerprint density at radius 2 is 1.71 bits per heavy atom. The van der Waals surface area contributed by atoms with Gasteiger partial charge in [-0.05, 0) is 12.8 Å². The normalized spacial score (nSPS) is 22.9. The van der Waals surface area contributed by atoms with Gasteiger partial charge in [-0.1, -0.05) is 0 Å². The molecule has 2 aliphatic rings. The van der Waals surface area contributed by atoms with Crippen LogP contribution in [0, 0.1) is 0 Å². The van der Waals surface area contributed by atoms with Crippen LogP contribution in [0.25, 0.3) is 0 Å². The van der Waals surface area contributed by atoms with E-state index < -0.39 is 47.6 Å². The number of alkyl halides is 6. The summed E-state index contributed by atoms with van der Waals surface area (Å²) in [7, 11) is 0. The Bertz CT molecular complexity index is 980. The molecule has 2 aromatic heterocycles. The maximum absolute atomic E-state index is 13.6. The van der Waals surface area contributed by atoms with E-state index >= 15 is 0 Å². The zero-order valence-electron chi connectivity index (χ0n) is 15.7. The summed E-state index contributed by atoms with van der Waals surface area (Å²) in [5.74, 6) is -3.00. The van der Waals surface area contributed by atoms with Gasteiger partial charge in [-0.15, -0.1) is 0 Å². The summed E-state index contributed by atoms with van der Waals surface area (Å²) in [6.45, 7) is 0.607.